The Morgan fingerprint density at radius 1 is 1.20 bits per heavy atom. The molecule has 0 aliphatic carbocycles. The number of carbonyl (C=O) groups excluding carboxylic acids is 1. The number of unbranched alkanes of at least 4 members (excludes halogenated alkanes) is 1. The first-order valence-corrected chi connectivity index (χ1v) is 10.3. The lowest BCUT2D eigenvalue weighted by Crippen LogP contribution is -2.44. The molecule has 1 saturated heterocycles. The number of carbonyl (C=O) groups is 1. The molecule has 0 radical (unpaired) electrons. The van der Waals surface area contributed by atoms with Crippen LogP contribution in [0, 0.1) is 11.3 Å². The summed E-state index contributed by atoms with van der Waals surface area (Å²) in [5, 5.41) is 12.5. The Labute approximate surface area is 177 Å². The molecule has 1 N–H and O–H groups in total. The molecular formula is C24H28N2O4. The van der Waals surface area contributed by atoms with E-state index in [2.05, 4.69) is 18.3 Å². The minimum Gasteiger partial charge on any atom is -0.497 e. The summed E-state index contributed by atoms with van der Waals surface area (Å²) >= 11 is 0. The predicted octanol–water partition coefficient (Wildman–Crippen LogP) is 4.43. The summed E-state index contributed by atoms with van der Waals surface area (Å²) in [5.41, 5.74) is 1.24. The summed E-state index contributed by atoms with van der Waals surface area (Å²) in [6, 6.07) is 15.0. The van der Waals surface area contributed by atoms with E-state index in [1.165, 1.54) is 0 Å². The zero-order valence-electron chi connectivity index (χ0n) is 17.6. The van der Waals surface area contributed by atoms with Crippen molar-refractivity contribution in [3.8, 4) is 17.6 Å². The molecule has 0 aromatic heterocycles. The minimum atomic E-state index is -0.687. The SMILES string of the molecule is CCCCOc1ccc(NC(=O)C2(c3ccc(OC)cc3)CCOCC2)cc1C#N. The van der Waals surface area contributed by atoms with Crippen LogP contribution in [0.15, 0.2) is 42.5 Å². The van der Waals surface area contributed by atoms with Crippen LogP contribution in [-0.4, -0.2) is 32.8 Å². The fourth-order valence-electron chi connectivity index (χ4n) is 3.67. The Morgan fingerprint density at radius 2 is 1.93 bits per heavy atom. The molecule has 2 aromatic rings. The third-order valence-corrected chi connectivity index (χ3v) is 5.54. The lowest BCUT2D eigenvalue weighted by Gasteiger charge is -2.36. The van der Waals surface area contributed by atoms with Crippen LogP contribution in [-0.2, 0) is 14.9 Å². The molecule has 3 rings (SSSR count). The summed E-state index contributed by atoms with van der Waals surface area (Å²) in [5.74, 6) is 1.19. The van der Waals surface area contributed by atoms with Gasteiger partial charge in [0.15, 0.2) is 0 Å². The molecule has 0 spiro atoms. The predicted molar refractivity (Wildman–Crippen MR) is 115 cm³/mol. The monoisotopic (exact) mass is 408 g/mol. The second kappa shape index (κ2) is 10.1. The summed E-state index contributed by atoms with van der Waals surface area (Å²) in [6.45, 7) is 3.69. The highest BCUT2D eigenvalue weighted by Crippen LogP contribution is 2.37. The molecule has 0 atom stereocenters. The molecule has 1 fully saturated rings. The van der Waals surface area contributed by atoms with Crippen molar-refractivity contribution in [2.75, 3.05) is 32.2 Å². The Balaban J connectivity index is 1.83. The molecule has 0 unspecified atom stereocenters. The summed E-state index contributed by atoms with van der Waals surface area (Å²) in [7, 11) is 1.62. The van der Waals surface area contributed by atoms with E-state index in [4.69, 9.17) is 14.2 Å². The fraction of sp³-hybridized carbons (Fsp3) is 0.417. The van der Waals surface area contributed by atoms with E-state index in [0.717, 1.165) is 24.2 Å². The topological polar surface area (TPSA) is 80.6 Å². The Hall–Kier alpha value is -3.04. The van der Waals surface area contributed by atoms with Gasteiger partial charge in [-0.25, -0.2) is 0 Å². The van der Waals surface area contributed by atoms with Gasteiger partial charge in [-0.05, 0) is 55.2 Å². The number of benzene rings is 2. The Morgan fingerprint density at radius 3 is 2.57 bits per heavy atom. The Kier molecular flexibility index (Phi) is 7.31. The largest absolute Gasteiger partial charge is 0.497 e. The second-order valence-electron chi connectivity index (χ2n) is 7.40. The number of ether oxygens (including phenoxy) is 3. The molecule has 6 nitrogen and oxygen atoms in total. The van der Waals surface area contributed by atoms with Crippen LogP contribution >= 0.6 is 0 Å². The fourth-order valence-corrected chi connectivity index (χ4v) is 3.67. The van der Waals surface area contributed by atoms with E-state index >= 15 is 0 Å². The van der Waals surface area contributed by atoms with Gasteiger partial charge in [0.05, 0.1) is 24.7 Å². The zero-order chi connectivity index (χ0) is 21.4. The normalized spacial score (nSPS) is 15.1. The average Bonchev–Trinajstić information content (AvgIpc) is 2.80. The van der Waals surface area contributed by atoms with Crippen LogP contribution in [0.3, 0.4) is 0 Å². The molecule has 158 valence electrons. The van der Waals surface area contributed by atoms with Crippen LogP contribution < -0.4 is 14.8 Å². The summed E-state index contributed by atoms with van der Waals surface area (Å²) in [6.07, 6.45) is 3.13. The van der Waals surface area contributed by atoms with Crippen molar-refractivity contribution in [2.45, 2.75) is 38.0 Å². The summed E-state index contributed by atoms with van der Waals surface area (Å²) < 4.78 is 16.5. The summed E-state index contributed by atoms with van der Waals surface area (Å²) in [4.78, 5) is 13.4. The standard InChI is InChI=1S/C24H28N2O4/c1-3-4-13-30-22-10-7-20(16-18(22)17-25)26-23(27)24(11-14-29-15-12-24)19-5-8-21(28-2)9-6-19/h5-10,16H,3-4,11-15H2,1-2H3,(H,26,27). The molecule has 2 aromatic carbocycles. The quantitative estimate of drug-likeness (QED) is 0.654. The van der Waals surface area contributed by atoms with Crippen LogP contribution in [0.2, 0.25) is 0 Å². The zero-order valence-corrected chi connectivity index (χ0v) is 17.6. The highest BCUT2D eigenvalue weighted by Gasteiger charge is 2.41. The molecule has 6 heteroatoms. The number of nitriles is 1. The third-order valence-electron chi connectivity index (χ3n) is 5.54. The number of nitrogens with zero attached hydrogens (tertiary/aromatic N) is 1. The van der Waals surface area contributed by atoms with Crippen molar-refractivity contribution in [2.24, 2.45) is 0 Å². The van der Waals surface area contributed by atoms with Crippen molar-refractivity contribution in [1.82, 2.24) is 0 Å². The molecular weight excluding hydrogens is 380 g/mol. The van der Waals surface area contributed by atoms with E-state index < -0.39 is 5.41 Å². The van der Waals surface area contributed by atoms with Crippen molar-refractivity contribution < 1.29 is 19.0 Å². The molecule has 1 heterocycles. The highest BCUT2D eigenvalue weighted by molar-refractivity contribution is 5.99. The number of rotatable bonds is 8. The lowest BCUT2D eigenvalue weighted by atomic mass is 9.73. The van der Waals surface area contributed by atoms with Gasteiger partial charge in [0.1, 0.15) is 17.6 Å². The van der Waals surface area contributed by atoms with Gasteiger partial charge in [0.25, 0.3) is 0 Å². The maximum absolute atomic E-state index is 13.4. The first-order chi connectivity index (χ1) is 14.6. The lowest BCUT2D eigenvalue weighted by molar-refractivity contribution is -0.125. The van der Waals surface area contributed by atoms with E-state index in [-0.39, 0.29) is 5.91 Å². The van der Waals surface area contributed by atoms with Gasteiger partial charge in [0.2, 0.25) is 5.91 Å². The molecule has 0 bridgehead atoms. The maximum Gasteiger partial charge on any atom is 0.235 e. The molecule has 1 aliphatic rings. The number of amides is 1. The first-order valence-electron chi connectivity index (χ1n) is 10.3. The van der Waals surface area contributed by atoms with E-state index in [0.29, 0.717) is 49.7 Å². The van der Waals surface area contributed by atoms with Crippen molar-refractivity contribution in [3.05, 3.63) is 53.6 Å². The van der Waals surface area contributed by atoms with Crippen LogP contribution in [0.25, 0.3) is 0 Å². The van der Waals surface area contributed by atoms with Gasteiger partial charge in [-0.15, -0.1) is 0 Å². The number of anilines is 1. The van der Waals surface area contributed by atoms with Gasteiger partial charge < -0.3 is 19.5 Å². The molecule has 1 amide bonds. The van der Waals surface area contributed by atoms with Crippen LogP contribution in [0.5, 0.6) is 11.5 Å². The third kappa shape index (κ3) is 4.74. The smallest absolute Gasteiger partial charge is 0.235 e. The molecule has 30 heavy (non-hydrogen) atoms. The number of hydrogen-bond donors (Lipinski definition) is 1. The maximum atomic E-state index is 13.4. The number of hydrogen-bond acceptors (Lipinski definition) is 5. The van der Waals surface area contributed by atoms with E-state index in [1.807, 2.05) is 24.3 Å². The highest BCUT2D eigenvalue weighted by atomic mass is 16.5. The van der Waals surface area contributed by atoms with Gasteiger partial charge in [0, 0.05) is 18.9 Å². The van der Waals surface area contributed by atoms with Crippen LogP contribution in [0.1, 0.15) is 43.7 Å². The van der Waals surface area contributed by atoms with Crippen molar-refractivity contribution >= 4 is 11.6 Å². The first kappa shape index (κ1) is 21.7. The van der Waals surface area contributed by atoms with Crippen molar-refractivity contribution in [1.29, 1.82) is 5.26 Å². The van der Waals surface area contributed by atoms with Gasteiger partial charge in [-0.3, -0.25) is 4.79 Å². The van der Waals surface area contributed by atoms with Gasteiger partial charge >= 0.3 is 0 Å². The van der Waals surface area contributed by atoms with Gasteiger partial charge in [-0.1, -0.05) is 25.5 Å². The van der Waals surface area contributed by atoms with Crippen molar-refractivity contribution in [3.63, 3.8) is 0 Å². The second-order valence-corrected chi connectivity index (χ2v) is 7.40. The van der Waals surface area contributed by atoms with Gasteiger partial charge in [-0.2, -0.15) is 5.26 Å². The Bertz CT molecular complexity index is 896. The number of methoxy groups -OCH3 is 1. The molecule has 1 aliphatic heterocycles. The van der Waals surface area contributed by atoms with E-state index in [1.54, 1.807) is 25.3 Å². The average molecular weight is 408 g/mol. The number of nitrogens with one attached hydrogen (secondary N) is 1. The molecule has 0 saturated carbocycles. The van der Waals surface area contributed by atoms with Crippen LogP contribution in [0.4, 0.5) is 5.69 Å². The van der Waals surface area contributed by atoms with E-state index in [9.17, 15) is 10.1 Å². The minimum absolute atomic E-state index is 0.0977.